The van der Waals surface area contributed by atoms with Gasteiger partial charge in [-0.25, -0.2) is 4.98 Å². The minimum absolute atomic E-state index is 0.0868. The van der Waals surface area contributed by atoms with E-state index in [4.69, 9.17) is 19.9 Å². The Kier molecular flexibility index (Phi) is 3.31. The van der Waals surface area contributed by atoms with Crippen LogP contribution in [0.15, 0.2) is 30.5 Å². The third-order valence-corrected chi connectivity index (χ3v) is 3.40. The van der Waals surface area contributed by atoms with Crippen molar-refractivity contribution < 1.29 is 9.39 Å². The van der Waals surface area contributed by atoms with E-state index in [9.17, 15) is 0 Å². The molecule has 21 heavy (non-hydrogen) atoms. The second kappa shape index (κ2) is 5.28. The van der Waals surface area contributed by atoms with E-state index < -0.39 is 0 Å². The summed E-state index contributed by atoms with van der Waals surface area (Å²) in [5.74, 6) is 0.717. The second-order valence-electron chi connectivity index (χ2n) is 4.68. The van der Waals surface area contributed by atoms with Crippen LogP contribution in [-0.2, 0) is 11.3 Å². The van der Waals surface area contributed by atoms with Crippen molar-refractivity contribution in [3.63, 3.8) is 0 Å². The molecule has 0 amide bonds. The van der Waals surface area contributed by atoms with Crippen molar-refractivity contribution in [1.29, 1.82) is 10.5 Å². The van der Waals surface area contributed by atoms with Crippen LogP contribution in [0.25, 0.3) is 0 Å². The van der Waals surface area contributed by atoms with Crippen LogP contribution >= 0.6 is 0 Å². The van der Waals surface area contributed by atoms with Gasteiger partial charge in [0.25, 0.3) is 0 Å². The molecule has 2 heterocycles. The average molecular weight is 275 g/mol. The predicted octanol–water partition coefficient (Wildman–Crippen LogP) is 1.98. The third-order valence-electron chi connectivity index (χ3n) is 3.40. The zero-order valence-corrected chi connectivity index (χ0v) is 11.3. The molecule has 6 heteroatoms. The fraction of sp³-hybridized carbons (Fsp3) is 0.133. The van der Waals surface area contributed by atoms with Crippen molar-refractivity contribution in [2.45, 2.75) is 13.4 Å². The van der Waals surface area contributed by atoms with E-state index in [0.29, 0.717) is 12.4 Å². The fourth-order valence-electron chi connectivity index (χ4n) is 2.30. The molecule has 1 aromatic heterocycles. The molecule has 0 saturated carbocycles. The molecule has 5 nitrogen and oxygen atoms in total. The molecular weight excluding hydrogens is 265 g/mol. The van der Waals surface area contributed by atoms with E-state index in [1.54, 1.807) is 0 Å². The summed E-state index contributed by atoms with van der Waals surface area (Å²) in [4.78, 5) is 4.03. The normalized spacial score (nSPS) is 12.4. The molecule has 1 aliphatic heterocycles. The fourth-order valence-corrected chi connectivity index (χ4v) is 2.30. The van der Waals surface area contributed by atoms with Gasteiger partial charge in [0.1, 0.15) is 23.5 Å². The molecule has 1 aromatic carbocycles. The molecule has 3 rings (SSSR count). The van der Waals surface area contributed by atoms with E-state index in [-0.39, 0.29) is 23.9 Å². The summed E-state index contributed by atoms with van der Waals surface area (Å²) < 4.78 is 11.2. The highest BCUT2D eigenvalue weighted by Crippen LogP contribution is 2.26. The minimum Gasteiger partial charge on any atom is -0.438 e. The number of benzene rings is 1. The lowest BCUT2D eigenvalue weighted by molar-refractivity contribution is 0.333. The van der Waals surface area contributed by atoms with Crippen molar-refractivity contribution in [2.24, 2.45) is 0 Å². The van der Waals surface area contributed by atoms with Gasteiger partial charge < -0.3 is 9.39 Å². The van der Waals surface area contributed by atoms with Crippen LogP contribution < -0.4 is 10.2 Å². The molecule has 1 aliphatic rings. The topological polar surface area (TPSA) is 78.9 Å². The second-order valence-corrected chi connectivity index (χ2v) is 4.68. The van der Waals surface area contributed by atoms with Gasteiger partial charge in [0.05, 0.1) is 12.2 Å². The van der Waals surface area contributed by atoms with Gasteiger partial charge in [0.2, 0.25) is 5.88 Å². The number of pyridine rings is 1. The van der Waals surface area contributed by atoms with Crippen molar-refractivity contribution in [3.8, 4) is 23.8 Å². The molecule has 0 saturated heterocycles. The lowest BCUT2D eigenvalue weighted by Crippen LogP contribution is -2.23. The smallest absolute Gasteiger partial charge is 0.324 e. The summed E-state index contributed by atoms with van der Waals surface area (Å²) >= 11 is 0. The Balaban J connectivity index is 1.96. The number of rotatable bonds is 2. The third kappa shape index (κ3) is 2.33. The van der Waals surface area contributed by atoms with Crippen LogP contribution in [-0.4, -0.2) is 11.9 Å². The van der Waals surface area contributed by atoms with E-state index in [1.165, 1.54) is 12.3 Å². The maximum atomic E-state index is 9.16. The molecule has 0 unspecified atom stereocenters. The van der Waals surface area contributed by atoms with Crippen molar-refractivity contribution in [3.05, 3.63) is 47.2 Å². The van der Waals surface area contributed by atoms with Gasteiger partial charge in [-0.05, 0) is 29.2 Å². The number of aromatic nitrogens is 1. The SMILES string of the molecule is CB1OCc2cc(Oc3nccc(C#N)c3C#N)ccc21. The van der Waals surface area contributed by atoms with Crippen LogP contribution in [0.1, 0.15) is 16.7 Å². The zero-order chi connectivity index (χ0) is 14.8. The van der Waals surface area contributed by atoms with Gasteiger partial charge in [-0.3, -0.25) is 0 Å². The Morgan fingerprint density at radius 3 is 2.90 bits per heavy atom. The zero-order valence-electron chi connectivity index (χ0n) is 11.3. The van der Waals surface area contributed by atoms with Gasteiger partial charge in [-0.15, -0.1) is 0 Å². The van der Waals surface area contributed by atoms with Crippen LogP contribution in [0.2, 0.25) is 6.82 Å². The summed E-state index contributed by atoms with van der Waals surface area (Å²) in [6, 6.07) is 11.0. The summed E-state index contributed by atoms with van der Waals surface area (Å²) in [5.41, 5.74) is 2.60. The summed E-state index contributed by atoms with van der Waals surface area (Å²) in [5, 5.41) is 18.2. The summed E-state index contributed by atoms with van der Waals surface area (Å²) in [7, 11) is 0. The molecule has 100 valence electrons. The first kappa shape index (κ1) is 13.2. The van der Waals surface area contributed by atoms with E-state index in [0.717, 1.165) is 11.0 Å². The Morgan fingerprint density at radius 1 is 1.29 bits per heavy atom. The lowest BCUT2D eigenvalue weighted by Gasteiger charge is -2.08. The van der Waals surface area contributed by atoms with Crippen LogP contribution in [0.3, 0.4) is 0 Å². The maximum Gasteiger partial charge on any atom is 0.324 e. The molecule has 2 aromatic rings. The molecule has 0 atom stereocenters. The molecule has 0 radical (unpaired) electrons. The van der Waals surface area contributed by atoms with Gasteiger partial charge >= 0.3 is 6.92 Å². The monoisotopic (exact) mass is 275 g/mol. The average Bonchev–Trinajstić information content (AvgIpc) is 2.88. The number of fused-ring (bicyclic) bond motifs is 1. The highest BCUT2D eigenvalue weighted by Gasteiger charge is 2.23. The van der Waals surface area contributed by atoms with Crippen LogP contribution in [0.5, 0.6) is 11.6 Å². The standard InChI is InChI=1S/C15H10BN3O2/c1-16-14-3-2-12(6-11(14)9-20-16)21-15-13(8-18)10(7-17)4-5-19-15/h2-6H,9H2,1H3. The van der Waals surface area contributed by atoms with Crippen molar-refractivity contribution in [1.82, 2.24) is 4.98 Å². The summed E-state index contributed by atoms with van der Waals surface area (Å²) in [6.07, 6.45) is 1.45. The molecular formula is C15H10BN3O2. The number of ether oxygens (including phenoxy) is 1. The van der Waals surface area contributed by atoms with Gasteiger partial charge in [0, 0.05) is 6.20 Å². The Hall–Kier alpha value is -2.83. The van der Waals surface area contributed by atoms with Crippen LogP contribution in [0.4, 0.5) is 0 Å². The van der Waals surface area contributed by atoms with Crippen molar-refractivity contribution >= 4 is 12.4 Å². The largest absolute Gasteiger partial charge is 0.438 e. The van der Waals surface area contributed by atoms with E-state index in [2.05, 4.69) is 4.98 Å². The quantitative estimate of drug-likeness (QED) is 0.783. The first-order chi connectivity index (χ1) is 10.2. The van der Waals surface area contributed by atoms with Gasteiger partial charge in [-0.2, -0.15) is 10.5 Å². The molecule has 0 spiro atoms. The number of nitrogens with zero attached hydrogens (tertiary/aromatic N) is 3. The predicted molar refractivity (Wildman–Crippen MR) is 76.2 cm³/mol. The lowest BCUT2D eigenvalue weighted by atomic mass is 9.64. The number of nitriles is 2. The highest BCUT2D eigenvalue weighted by atomic mass is 16.5. The van der Waals surface area contributed by atoms with E-state index in [1.807, 2.05) is 37.2 Å². The van der Waals surface area contributed by atoms with E-state index >= 15 is 0 Å². The Morgan fingerprint density at radius 2 is 2.14 bits per heavy atom. The number of hydrogen-bond donors (Lipinski definition) is 0. The first-order valence-electron chi connectivity index (χ1n) is 6.44. The summed E-state index contributed by atoms with van der Waals surface area (Å²) in [6.45, 7) is 2.63. The maximum absolute atomic E-state index is 9.16. The number of hydrogen-bond acceptors (Lipinski definition) is 5. The minimum atomic E-state index is 0.0868. The van der Waals surface area contributed by atoms with Crippen molar-refractivity contribution in [2.75, 3.05) is 0 Å². The van der Waals surface area contributed by atoms with Gasteiger partial charge in [0.15, 0.2) is 0 Å². The molecule has 0 bridgehead atoms. The molecule has 0 fully saturated rings. The highest BCUT2D eigenvalue weighted by molar-refractivity contribution is 6.67. The molecule has 0 aliphatic carbocycles. The Bertz CT molecular complexity index is 792. The van der Waals surface area contributed by atoms with Crippen LogP contribution in [0, 0.1) is 22.7 Å². The first-order valence-corrected chi connectivity index (χ1v) is 6.44. The molecule has 0 N–H and O–H groups in total. The van der Waals surface area contributed by atoms with Gasteiger partial charge in [-0.1, -0.05) is 12.9 Å². The Labute approximate surface area is 122 Å².